The summed E-state index contributed by atoms with van der Waals surface area (Å²) in [6.45, 7) is 2.14. The Morgan fingerprint density at radius 1 is 1.73 bits per heavy atom. The maximum atomic E-state index is 4.27. The molecule has 1 N–H and O–H groups in total. The second-order valence-corrected chi connectivity index (χ2v) is 3.80. The van der Waals surface area contributed by atoms with Crippen molar-refractivity contribution in [2.45, 2.75) is 13.0 Å². The average molecular weight is 187 g/mol. The van der Waals surface area contributed by atoms with E-state index in [4.69, 9.17) is 0 Å². The first kappa shape index (κ1) is 9.10. The van der Waals surface area contributed by atoms with Crippen molar-refractivity contribution in [1.29, 1.82) is 0 Å². The van der Waals surface area contributed by atoms with Crippen molar-refractivity contribution in [3.63, 3.8) is 0 Å². The van der Waals surface area contributed by atoms with Crippen molar-refractivity contribution >= 4 is 24.0 Å². The molecule has 1 heterocycles. The number of aryl methyl sites for hydroxylation is 1. The van der Waals surface area contributed by atoms with Gasteiger partial charge in [-0.15, -0.1) is 11.3 Å². The van der Waals surface area contributed by atoms with E-state index in [0.717, 1.165) is 5.75 Å². The maximum absolute atomic E-state index is 4.27. The van der Waals surface area contributed by atoms with Crippen molar-refractivity contribution in [2.75, 3.05) is 12.8 Å². The van der Waals surface area contributed by atoms with Gasteiger partial charge in [-0.3, -0.25) is 0 Å². The first-order valence-electron chi connectivity index (χ1n) is 3.61. The molecule has 0 amide bonds. The summed E-state index contributed by atoms with van der Waals surface area (Å²) < 4.78 is 0. The highest BCUT2D eigenvalue weighted by atomic mass is 32.1. The zero-order valence-corrected chi connectivity index (χ0v) is 8.51. The van der Waals surface area contributed by atoms with Crippen molar-refractivity contribution in [3.05, 3.63) is 21.9 Å². The van der Waals surface area contributed by atoms with Gasteiger partial charge < -0.3 is 5.32 Å². The van der Waals surface area contributed by atoms with Gasteiger partial charge in [0, 0.05) is 10.6 Å². The number of thiophene rings is 1. The summed E-state index contributed by atoms with van der Waals surface area (Å²) in [5, 5.41) is 5.35. The van der Waals surface area contributed by atoms with E-state index < -0.39 is 0 Å². The van der Waals surface area contributed by atoms with Gasteiger partial charge in [-0.05, 0) is 31.0 Å². The lowest BCUT2D eigenvalue weighted by atomic mass is 10.2. The first-order chi connectivity index (χ1) is 5.29. The smallest absolute Gasteiger partial charge is 0.0504 e. The van der Waals surface area contributed by atoms with Crippen LogP contribution in [0.4, 0.5) is 0 Å². The molecule has 0 saturated carbocycles. The molecule has 62 valence electrons. The Hall–Kier alpha value is 0.0100. The van der Waals surface area contributed by atoms with E-state index in [9.17, 15) is 0 Å². The minimum absolute atomic E-state index is 0.415. The fourth-order valence-electron chi connectivity index (χ4n) is 1.05. The van der Waals surface area contributed by atoms with E-state index in [1.54, 1.807) is 11.3 Å². The molecule has 0 spiro atoms. The summed E-state index contributed by atoms with van der Waals surface area (Å²) in [6, 6.07) is 2.56. The molecule has 0 aliphatic heterocycles. The predicted molar refractivity (Wildman–Crippen MR) is 54.7 cm³/mol. The standard InChI is InChI=1S/C8H13NS2/c1-6-3-4-11-8(6)7(5-10)9-2/h3-4,7,9-10H,5H2,1-2H3. The van der Waals surface area contributed by atoms with E-state index in [1.165, 1.54) is 10.4 Å². The number of hydrogen-bond acceptors (Lipinski definition) is 3. The fraction of sp³-hybridized carbons (Fsp3) is 0.500. The molecule has 0 fully saturated rings. The lowest BCUT2D eigenvalue weighted by Gasteiger charge is -2.11. The molecule has 0 bridgehead atoms. The predicted octanol–water partition coefficient (Wildman–Crippen LogP) is 2.25. The average Bonchev–Trinajstić information content (AvgIpc) is 2.40. The zero-order valence-electron chi connectivity index (χ0n) is 6.79. The highest BCUT2D eigenvalue weighted by Gasteiger charge is 2.09. The Bertz CT molecular complexity index is 216. The van der Waals surface area contributed by atoms with Crippen LogP contribution in [0.25, 0.3) is 0 Å². The molecule has 1 nitrogen and oxygen atoms in total. The Labute approximate surface area is 77.2 Å². The van der Waals surface area contributed by atoms with Crippen LogP contribution in [-0.4, -0.2) is 12.8 Å². The Kier molecular flexibility index (Phi) is 3.43. The molecule has 0 aliphatic rings. The van der Waals surface area contributed by atoms with E-state index in [2.05, 4.69) is 36.3 Å². The van der Waals surface area contributed by atoms with Gasteiger partial charge >= 0.3 is 0 Å². The number of nitrogens with one attached hydrogen (secondary N) is 1. The first-order valence-corrected chi connectivity index (χ1v) is 5.13. The molecule has 0 aliphatic carbocycles. The van der Waals surface area contributed by atoms with Crippen LogP contribution >= 0.6 is 24.0 Å². The summed E-state index contributed by atoms with van der Waals surface area (Å²) in [5.41, 5.74) is 1.36. The van der Waals surface area contributed by atoms with Crippen molar-refractivity contribution in [2.24, 2.45) is 0 Å². The van der Waals surface area contributed by atoms with Gasteiger partial charge in [-0.1, -0.05) is 0 Å². The Morgan fingerprint density at radius 3 is 2.82 bits per heavy atom. The van der Waals surface area contributed by atoms with Crippen molar-refractivity contribution < 1.29 is 0 Å². The van der Waals surface area contributed by atoms with Gasteiger partial charge in [-0.2, -0.15) is 12.6 Å². The fourth-order valence-corrected chi connectivity index (χ4v) is 2.57. The second-order valence-electron chi connectivity index (χ2n) is 2.49. The largest absolute Gasteiger partial charge is 0.312 e. The molecule has 11 heavy (non-hydrogen) atoms. The van der Waals surface area contributed by atoms with Crippen LogP contribution in [-0.2, 0) is 0 Å². The summed E-state index contributed by atoms with van der Waals surface area (Å²) >= 11 is 6.07. The van der Waals surface area contributed by atoms with Gasteiger partial charge in [0.05, 0.1) is 6.04 Å². The molecule has 1 unspecified atom stereocenters. The van der Waals surface area contributed by atoms with Crippen LogP contribution in [0.3, 0.4) is 0 Å². The van der Waals surface area contributed by atoms with Crippen LogP contribution in [0.5, 0.6) is 0 Å². The van der Waals surface area contributed by atoms with Gasteiger partial charge in [0.15, 0.2) is 0 Å². The number of hydrogen-bond donors (Lipinski definition) is 2. The molecule has 1 rings (SSSR count). The van der Waals surface area contributed by atoms with Crippen LogP contribution < -0.4 is 5.32 Å². The molecule has 0 saturated heterocycles. The minimum atomic E-state index is 0.415. The van der Waals surface area contributed by atoms with Gasteiger partial charge in [0.1, 0.15) is 0 Å². The molecular formula is C8H13NS2. The second kappa shape index (κ2) is 4.14. The monoisotopic (exact) mass is 187 g/mol. The van der Waals surface area contributed by atoms with E-state index in [-0.39, 0.29) is 0 Å². The van der Waals surface area contributed by atoms with E-state index in [0.29, 0.717) is 6.04 Å². The summed E-state index contributed by atoms with van der Waals surface area (Å²) in [6.07, 6.45) is 0. The zero-order chi connectivity index (χ0) is 8.27. The summed E-state index contributed by atoms with van der Waals surface area (Å²) in [7, 11) is 1.97. The lowest BCUT2D eigenvalue weighted by Crippen LogP contribution is -2.17. The molecule has 1 aromatic heterocycles. The SMILES string of the molecule is CNC(CS)c1sccc1C. The van der Waals surface area contributed by atoms with Gasteiger partial charge in [0.25, 0.3) is 0 Å². The van der Waals surface area contributed by atoms with Crippen molar-refractivity contribution in [3.8, 4) is 0 Å². The third-order valence-electron chi connectivity index (χ3n) is 1.75. The highest BCUT2D eigenvalue weighted by molar-refractivity contribution is 7.80. The van der Waals surface area contributed by atoms with E-state index in [1.807, 2.05) is 7.05 Å². The van der Waals surface area contributed by atoms with Crippen LogP contribution in [0.15, 0.2) is 11.4 Å². The molecule has 3 heteroatoms. The molecular weight excluding hydrogens is 174 g/mol. The number of rotatable bonds is 3. The number of thiol groups is 1. The Morgan fingerprint density at radius 2 is 2.45 bits per heavy atom. The quantitative estimate of drug-likeness (QED) is 0.692. The molecule has 1 atom stereocenters. The van der Waals surface area contributed by atoms with Crippen LogP contribution in [0.1, 0.15) is 16.5 Å². The summed E-state index contributed by atoms with van der Waals surface area (Å²) in [4.78, 5) is 1.41. The van der Waals surface area contributed by atoms with Gasteiger partial charge in [0.2, 0.25) is 0 Å². The van der Waals surface area contributed by atoms with E-state index >= 15 is 0 Å². The third-order valence-corrected chi connectivity index (χ3v) is 3.25. The maximum Gasteiger partial charge on any atom is 0.0504 e. The summed E-state index contributed by atoms with van der Waals surface area (Å²) in [5.74, 6) is 0.859. The minimum Gasteiger partial charge on any atom is -0.312 e. The van der Waals surface area contributed by atoms with Crippen LogP contribution in [0, 0.1) is 6.92 Å². The Balaban J connectivity index is 2.81. The molecule has 0 aromatic carbocycles. The topological polar surface area (TPSA) is 12.0 Å². The molecule has 0 radical (unpaired) electrons. The normalized spacial score (nSPS) is 13.4. The molecule has 1 aromatic rings. The lowest BCUT2D eigenvalue weighted by molar-refractivity contribution is 0.672. The third kappa shape index (κ3) is 1.98. The highest BCUT2D eigenvalue weighted by Crippen LogP contribution is 2.23. The van der Waals surface area contributed by atoms with Crippen LogP contribution in [0.2, 0.25) is 0 Å². The van der Waals surface area contributed by atoms with Gasteiger partial charge in [-0.25, -0.2) is 0 Å². The van der Waals surface area contributed by atoms with Crippen molar-refractivity contribution in [1.82, 2.24) is 5.32 Å².